The van der Waals surface area contributed by atoms with Crippen LogP contribution in [0.15, 0.2) is 24.5 Å². The minimum absolute atomic E-state index is 0.00719. The van der Waals surface area contributed by atoms with Crippen molar-refractivity contribution in [3.8, 4) is 11.6 Å². The van der Waals surface area contributed by atoms with E-state index in [1.807, 2.05) is 48.5 Å². The Hall–Kier alpha value is -3.67. The molecule has 15 nitrogen and oxygen atoms in total. The Balaban J connectivity index is 0.858. The summed E-state index contributed by atoms with van der Waals surface area (Å²) in [6.45, 7) is 21.2. The Bertz CT molecular complexity index is 1900. The molecular weight excluding hydrogens is 766 g/mol. The summed E-state index contributed by atoms with van der Waals surface area (Å²) in [5.74, 6) is 0.546. The van der Waals surface area contributed by atoms with Gasteiger partial charge in [0, 0.05) is 81.8 Å². The molecule has 0 unspecified atom stereocenters. The zero-order valence-electron chi connectivity index (χ0n) is 35.3. The Morgan fingerprint density at radius 3 is 2.09 bits per heavy atom. The number of halogens is 1. The molecule has 0 aliphatic carbocycles. The predicted molar refractivity (Wildman–Crippen MR) is 217 cm³/mol. The first-order chi connectivity index (χ1) is 27.4. The standard InChI is InChI=1S/C41H62FN9O6S/c1-29(2)51(30(3)4)37(52)33-22-32(42)8-9-34(33)56-36-35(43-28-44-45-36)47-24-40(25-47)12-18-46(19-13-40)23-31-10-16-49(17-11-31)58(54,55)50-20-14-41(15-21-50)26-48(27-41)38(53)57-39(5,6)7/h8-9,22,28-31H,10-21,23-27H2,1-7H3. The number of carbonyl (C=O) groups is 2. The molecule has 0 radical (unpaired) electrons. The number of likely N-dealkylation sites (tertiary alicyclic amines) is 2. The van der Waals surface area contributed by atoms with E-state index >= 15 is 0 Å². The lowest BCUT2D eigenvalue weighted by molar-refractivity contribution is -0.0525. The fraction of sp³-hybridized carbons (Fsp3) is 0.732. The Kier molecular flexibility index (Phi) is 12.0. The van der Waals surface area contributed by atoms with Gasteiger partial charge in [-0.25, -0.2) is 14.2 Å². The van der Waals surface area contributed by atoms with Crippen molar-refractivity contribution in [1.82, 2.24) is 38.5 Å². The van der Waals surface area contributed by atoms with Crippen molar-refractivity contribution in [2.24, 2.45) is 16.7 Å². The maximum absolute atomic E-state index is 14.4. The number of amides is 2. The zero-order chi connectivity index (χ0) is 41.6. The van der Waals surface area contributed by atoms with E-state index in [2.05, 4.69) is 25.0 Å². The monoisotopic (exact) mass is 827 g/mol. The fourth-order valence-electron chi connectivity index (χ4n) is 9.63. The molecule has 0 bridgehead atoms. The topological polar surface area (TPSA) is 145 Å². The summed E-state index contributed by atoms with van der Waals surface area (Å²) in [4.78, 5) is 38.7. The van der Waals surface area contributed by atoms with Gasteiger partial charge in [0.15, 0.2) is 5.82 Å². The number of piperidine rings is 3. The van der Waals surface area contributed by atoms with E-state index in [0.29, 0.717) is 51.0 Å². The SMILES string of the molecule is CC(C)N(C(=O)c1cc(F)ccc1Oc1nncnc1N1CC2(CCN(CC3CCN(S(=O)(=O)N4CCC5(CC4)CN(C(=O)OC(C)(C)C)C5)CC3)CC2)C1)C(C)C. The van der Waals surface area contributed by atoms with Crippen LogP contribution in [0.25, 0.3) is 0 Å². The van der Waals surface area contributed by atoms with Crippen molar-refractivity contribution in [3.05, 3.63) is 35.9 Å². The van der Waals surface area contributed by atoms with Crippen LogP contribution >= 0.6 is 0 Å². The second kappa shape index (κ2) is 16.4. The lowest BCUT2D eigenvalue weighted by atomic mass is 9.72. The van der Waals surface area contributed by atoms with E-state index in [-0.39, 0.29) is 52.1 Å². The van der Waals surface area contributed by atoms with Crippen molar-refractivity contribution < 1.29 is 31.9 Å². The van der Waals surface area contributed by atoms with Gasteiger partial charge in [-0.1, -0.05) is 0 Å². The predicted octanol–water partition coefficient (Wildman–Crippen LogP) is 5.25. The average molecular weight is 828 g/mol. The molecule has 320 valence electrons. The molecule has 0 saturated carbocycles. The number of nitrogens with zero attached hydrogens (tertiary/aromatic N) is 9. The Morgan fingerprint density at radius 1 is 0.897 bits per heavy atom. The minimum Gasteiger partial charge on any atom is -0.444 e. The van der Waals surface area contributed by atoms with Gasteiger partial charge in [0.25, 0.3) is 22.0 Å². The minimum atomic E-state index is -3.52. The summed E-state index contributed by atoms with van der Waals surface area (Å²) < 4.78 is 56.8. The summed E-state index contributed by atoms with van der Waals surface area (Å²) >= 11 is 0. The number of ether oxygens (including phenoxy) is 2. The highest BCUT2D eigenvalue weighted by atomic mass is 32.2. The molecule has 5 aliphatic heterocycles. The van der Waals surface area contributed by atoms with E-state index in [4.69, 9.17) is 9.47 Å². The van der Waals surface area contributed by atoms with Crippen molar-refractivity contribution in [1.29, 1.82) is 0 Å². The third-order valence-electron chi connectivity index (χ3n) is 12.8. The number of anilines is 1. The van der Waals surface area contributed by atoms with Crippen LogP contribution in [0.3, 0.4) is 0 Å². The molecule has 0 atom stereocenters. The molecular formula is C41H62FN9O6S. The van der Waals surface area contributed by atoms with Gasteiger partial charge in [-0.2, -0.15) is 17.0 Å². The highest BCUT2D eigenvalue weighted by Crippen LogP contribution is 2.45. The van der Waals surface area contributed by atoms with Gasteiger partial charge in [0.1, 0.15) is 23.5 Å². The molecule has 6 heterocycles. The largest absolute Gasteiger partial charge is 0.444 e. The van der Waals surface area contributed by atoms with E-state index in [0.717, 1.165) is 71.2 Å². The summed E-state index contributed by atoms with van der Waals surface area (Å²) in [7, 11) is -3.52. The van der Waals surface area contributed by atoms with Crippen molar-refractivity contribution in [2.45, 2.75) is 105 Å². The van der Waals surface area contributed by atoms with Gasteiger partial charge in [-0.15, -0.1) is 10.2 Å². The summed E-state index contributed by atoms with van der Waals surface area (Å²) in [5, 5.41) is 8.20. The smallest absolute Gasteiger partial charge is 0.410 e. The van der Waals surface area contributed by atoms with Gasteiger partial charge in [-0.3, -0.25) is 4.79 Å². The molecule has 2 spiro atoms. The number of hydrogen-bond donors (Lipinski definition) is 0. The van der Waals surface area contributed by atoms with Crippen LogP contribution < -0.4 is 9.64 Å². The van der Waals surface area contributed by atoms with E-state index in [9.17, 15) is 22.4 Å². The molecule has 17 heteroatoms. The molecule has 1 aromatic heterocycles. The molecule has 5 aliphatic rings. The van der Waals surface area contributed by atoms with Crippen LogP contribution in [0.4, 0.5) is 15.0 Å². The third-order valence-corrected chi connectivity index (χ3v) is 14.8. The second-order valence-electron chi connectivity index (χ2n) is 19.0. The highest BCUT2D eigenvalue weighted by molar-refractivity contribution is 7.86. The molecule has 5 fully saturated rings. The number of hydrogen-bond acceptors (Lipinski definition) is 11. The Morgan fingerprint density at radius 2 is 1.48 bits per heavy atom. The first kappa shape index (κ1) is 42.5. The zero-order valence-corrected chi connectivity index (χ0v) is 36.1. The normalized spacial score (nSPS) is 22.0. The quantitative estimate of drug-likeness (QED) is 0.310. The van der Waals surface area contributed by atoms with Gasteiger partial charge in [0.2, 0.25) is 0 Å². The van der Waals surface area contributed by atoms with Crippen LogP contribution in [0.1, 0.15) is 97.3 Å². The van der Waals surface area contributed by atoms with Crippen LogP contribution in [-0.4, -0.2) is 149 Å². The summed E-state index contributed by atoms with van der Waals surface area (Å²) in [6.07, 6.45) is 6.43. The molecule has 1 aromatic carbocycles. The first-order valence-electron chi connectivity index (χ1n) is 21.0. The van der Waals surface area contributed by atoms with Gasteiger partial charge in [0.05, 0.1) is 5.56 Å². The van der Waals surface area contributed by atoms with Gasteiger partial charge < -0.3 is 29.1 Å². The second-order valence-corrected chi connectivity index (χ2v) is 20.9. The molecule has 58 heavy (non-hydrogen) atoms. The van der Waals surface area contributed by atoms with Crippen LogP contribution in [0.2, 0.25) is 0 Å². The molecule has 2 amide bonds. The first-order valence-corrected chi connectivity index (χ1v) is 22.4. The van der Waals surface area contributed by atoms with Crippen molar-refractivity contribution in [2.75, 3.05) is 76.9 Å². The van der Waals surface area contributed by atoms with Crippen molar-refractivity contribution >= 4 is 28.0 Å². The third kappa shape index (κ3) is 9.06. The molecule has 2 aromatic rings. The lowest BCUT2D eigenvalue weighted by Gasteiger charge is -2.54. The van der Waals surface area contributed by atoms with Crippen LogP contribution in [-0.2, 0) is 14.9 Å². The highest BCUT2D eigenvalue weighted by Gasteiger charge is 2.50. The van der Waals surface area contributed by atoms with Crippen molar-refractivity contribution in [3.63, 3.8) is 0 Å². The number of benzene rings is 1. The lowest BCUT2D eigenvalue weighted by Crippen LogP contribution is -2.63. The fourth-order valence-corrected chi connectivity index (χ4v) is 11.3. The summed E-state index contributed by atoms with van der Waals surface area (Å²) in [6, 6.07) is 3.76. The van der Waals surface area contributed by atoms with E-state index in [1.54, 1.807) is 18.4 Å². The molecule has 5 saturated heterocycles. The Labute approximate surface area is 343 Å². The van der Waals surface area contributed by atoms with Crippen LogP contribution in [0, 0.1) is 22.6 Å². The molecule has 0 N–H and O–H groups in total. The van der Waals surface area contributed by atoms with E-state index in [1.165, 1.54) is 24.5 Å². The maximum Gasteiger partial charge on any atom is 0.410 e. The average Bonchev–Trinajstić information content (AvgIpc) is 3.13. The number of carbonyl (C=O) groups excluding carboxylic acids is 2. The number of rotatable bonds is 10. The summed E-state index contributed by atoms with van der Waals surface area (Å²) in [5.41, 5.74) is -0.260. The van der Waals surface area contributed by atoms with Gasteiger partial charge >= 0.3 is 6.09 Å². The van der Waals surface area contributed by atoms with E-state index < -0.39 is 21.6 Å². The number of aromatic nitrogens is 3. The van der Waals surface area contributed by atoms with Gasteiger partial charge in [-0.05, 0) is 124 Å². The maximum atomic E-state index is 14.4. The van der Waals surface area contributed by atoms with Crippen LogP contribution in [0.5, 0.6) is 11.6 Å². The molecule has 7 rings (SSSR count).